The first kappa shape index (κ1) is 14.8. The maximum Gasteiger partial charge on any atom is 0.251 e. The predicted molar refractivity (Wildman–Crippen MR) is 78.0 cm³/mol. The molecule has 0 unspecified atom stereocenters. The average molecular weight is 283 g/mol. The van der Waals surface area contributed by atoms with Gasteiger partial charge >= 0.3 is 0 Å². The minimum atomic E-state index is -0.373. The molecule has 0 spiro atoms. The lowest BCUT2D eigenvalue weighted by atomic mass is 10.1. The molecule has 0 aromatic heterocycles. The Morgan fingerprint density at radius 1 is 1.19 bits per heavy atom. The van der Waals surface area contributed by atoms with Gasteiger partial charge in [0, 0.05) is 17.7 Å². The second-order valence-electron chi connectivity index (χ2n) is 4.35. The fraction of sp³-hybridized carbons (Fsp3) is 0.118. The van der Waals surface area contributed by atoms with E-state index in [1.54, 1.807) is 0 Å². The fourth-order valence-corrected chi connectivity index (χ4v) is 1.79. The number of benzene rings is 2. The summed E-state index contributed by atoms with van der Waals surface area (Å²) in [5.41, 5.74) is 2.08. The van der Waals surface area contributed by atoms with E-state index in [1.807, 2.05) is 24.3 Å². The molecule has 1 amide bonds. The largest absolute Gasteiger partial charge is 0.384 e. The summed E-state index contributed by atoms with van der Waals surface area (Å²) in [5, 5.41) is 11.4. The Balaban J connectivity index is 1.99. The zero-order valence-corrected chi connectivity index (χ0v) is 11.3. The number of amides is 1. The van der Waals surface area contributed by atoms with Crippen LogP contribution in [0.2, 0.25) is 0 Å². The van der Waals surface area contributed by atoms with Crippen LogP contribution in [-0.2, 0) is 6.54 Å². The lowest BCUT2D eigenvalue weighted by Gasteiger charge is -2.06. The number of halogens is 1. The van der Waals surface area contributed by atoms with Crippen molar-refractivity contribution in [3.63, 3.8) is 0 Å². The number of rotatable bonds is 3. The van der Waals surface area contributed by atoms with E-state index in [0.717, 1.165) is 11.1 Å². The third-order valence-electron chi connectivity index (χ3n) is 2.80. The minimum Gasteiger partial charge on any atom is -0.384 e. The van der Waals surface area contributed by atoms with Crippen LogP contribution < -0.4 is 5.32 Å². The Morgan fingerprint density at radius 3 is 2.67 bits per heavy atom. The van der Waals surface area contributed by atoms with Gasteiger partial charge in [-0.1, -0.05) is 24.0 Å². The zero-order chi connectivity index (χ0) is 15.1. The summed E-state index contributed by atoms with van der Waals surface area (Å²) >= 11 is 0. The first-order valence-electron chi connectivity index (χ1n) is 6.41. The van der Waals surface area contributed by atoms with Gasteiger partial charge in [-0.05, 0) is 42.0 Å². The maximum atomic E-state index is 12.8. The highest BCUT2D eigenvalue weighted by molar-refractivity contribution is 5.94. The molecule has 0 fully saturated rings. The van der Waals surface area contributed by atoms with E-state index in [4.69, 9.17) is 5.11 Å². The topological polar surface area (TPSA) is 49.3 Å². The van der Waals surface area contributed by atoms with E-state index in [0.29, 0.717) is 12.1 Å². The van der Waals surface area contributed by atoms with E-state index in [1.165, 1.54) is 24.3 Å². The number of carbonyl (C=O) groups excluding carboxylic acids is 1. The van der Waals surface area contributed by atoms with E-state index < -0.39 is 0 Å². The summed E-state index contributed by atoms with van der Waals surface area (Å²) in [6, 6.07) is 12.7. The van der Waals surface area contributed by atoms with Gasteiger partial charge in [-0.15, -0.1) is 0 Å². The average Bonchev–Trinajstić information content (AvgIpc) is 2.52. The molecule has 0 radical (unpaired) electrons. The van der Waals surface area contributed by atoms with Crippen molar-refractivity contribution in [2.24, 2.45) is 0 Å². The third-order valence-corrected chi connectivity index (χ3v) is 2.80. The zero-order valence-electron chi connectivity index (χ0n) is 11.3. The molecule has 4 heteroatoms. The van der Waals surface area contributed by atoms with Crippen molar-refractivity contribution in [1.29, 1.82) is 0 Å². The third kappa shape index (κ3) is 4.44. The molecule has 2 aromatic carbocycles. The van der Waals surface area contributed by atoms with Gasteiger partial charge in [0.15, 0.2) is 0 Å². The van der Waals surface area contributed by atoms with Crippen molar-refractivity contribution in [3.05, 3.63) is 71.0 Å². The number of aliphatic hydroxyl groups is 1. The normalized spacial score (nSPS) is 9.62. The van der Waals surface area contributed by atoms with Gasteiger partial charge in [0.2, 0.25) is 0 Å². The van der Waals surface area contributed by atoms with Gasteiger partial charge in [-0.3, -0.25) is 4.79 Å². The minimum absolute atomic E-state index is 0.189. The lowest BCUT2D eigenvalue weighted by molar-refractivity contribution is 0.0951. The fourth-order valence-electron chi connectivity index (χ4n) is 1.79. The molecule has 2 rings (SSSR count). The highest BCUT2D eigenvalue weighted by atomic mass is 19.1. The molecule has 3 nitrogen and oxygen atoms in total. The monoisotopic (exact) mass is 283 g/mol. The summed E-state index contributed by atoms with van der Waals surface area (Å²) in [7, 11) is 0. The number of carbonyl (C=O) groups is 1. The molecule has 0 heterocycles. The maximum absolute atomic E-state index is 12.8. The summed E-state index contributed by atoms with van der Waals surface area (Å²) in [6.45, 7) is 0.163. The van der Waals surface area contributed by atoms with Gasteiger partial charge in [-0.25, -0.2) is 4.39 Å². The van der Waals surface area contributed by atoms with Crippen LogP contribution in [0.3, 0.4) is 0 Å². The molecule has 2 aromatic rings. The Bertz CT molecular complexity index is 684. The first-order chi connectivity index (χ1) is 10.2. The first-order valence-corrected chi connectivity index (χ1v) is 6.41. The van der Waals surface area contributed by atoms with Crippen molar-refractivity contribution >= 4 is 5.91 Å². The SMILES string of the molecule is O=C(NCc1cccc(C#CCO)c1)c1ccc(F)cc1. The predicted octanol–water partition coefficient (Wildman–Crippen LogP) is 2.10. The number of aliphatic hydroxyl groups excluding tert-OH is 1. The molecule has 21 heavy (non-hydrogen) atoms. The Hall–Kier alpha value is -2.64. The molecule has 0 saturated carbocycles. The Morgan fingerprint density at radius 2 is 1.95 bits per heavy atom. The van der Waals surface area contributed by atoms with Crippen LogP contribution in [0.1, 0.15) is 21.5 Å². The highest BCUT2D eigenvalue weighted by Crippen LogP contribution is 2.06. The summed E-state index contributed by atoms with van der Waals surface area (Å²) in [6.07, 6.45) is 0. The van der Waals surface area contributed by atoms with Crippen molar-refractivity contribution in [3.8, 4) is 11.8 Å². The molecule has 0 bridgehead atoms. The van der Waals surface area contributed by atoms with Crippen molar-refractivity contribution in [1.82, 2.24) is 5.32 Å². The molecular weight excluding hydrogens is 269 g/mol. The quantitative estimate of drug-likeness (QED) is 0.848. The van der Waals surface area contributed by atoms with Crippen molar-refractivity contribution < 1.29 is 14.3 Å². The molecule has 0 aliphatic heterocycles. The van der Waals surface area contributed by atoms with Crippen molar-refractivity contribution in [2.45, 2.75) is 6.54 Å². The summed E-state index contributed by atoms with van der Waals surface area (Å²) < 4.78 is 12.8. The van der Waals surface area contributed by atoms with Gasteiger partial charge in [0.1, 0.15) is 12.4 Å². The number of hydrogen-bond donors (Lipinski definition) is 2. The molecule has 0 saturated heterocycles. The lowest BCUT2D eigenvalue weighted by Crippen LogP contribution is -2.22. The van der Waals surface area contributed by atoms with E-state index >= 15 is 0 Å². The second-order valence-corrected chi connectivity index (χ2v) is 4.35. The van der Waals surface area contributed by atoms with E-state index in [2.05, 4.69) is 17.2 Å². The molecule has 0 aliphatic rings. The van der Waals surface area contributed by atoms with Gasteiger partial charge in [0.05, 0.1) is 0 Å². The van der Waals surface area contributed by atoms with E-state index in [9.17, 15) is 9.18 Å². The number of nitrogens with one attached hydrogen (secondary N) is 1. The van der Waals surface area contributed by atoms with E-state index in [-0.39, 0.29) is 18.3 Å². The molecule has 106 valence electrons. The summed E-state index contributed by atoms with van der Waals surface area (Å²) in [5.74, 6) is 4.74. The van der Waals surface area contributed by atoms with Crippen LogP contribution in [0, 0.1) is 17.7 Å². The van der Waals surface area contributed by atoms with Gasteiger partial charge in [-0.2, -0.15) is 0 Å². The van der Waals surface area contributed by atoms with Gasteiger partial charge in [0.25, 0.3) is 5.91 Å². The van der Waals surface area contributed by atoms with Crippen LogP contribution in [0.15, 0.2) is 48.5 Å². The van der Waals surface area contributed by atoms with Crippen LogP contribution in [-0.4, -0.2) is 17.6 Å². The molecular formula is C17H14FNO2. The molecule has 0 atom stereocenters. The Labute approximate surface area is 122 Å². The standard InChI is InChI=1S/C17H14FNO2/c18-16-8-6-15(7-9-16)17(21)19-12-14-4-1-3-13(11-14)5-2-10-20/h1,3-4,6-9,11,20H,10,12H2,(H,19,21). The van der Waals surface area contributed by atoms with Crippen LogP contribution in [0.4, 0.5) is 4.39 Å². The Kier molecular flexibility index (Phi) is 5.08. The molecule has 2 N–H and O–H groups in total. The van der Waals surface area contributed by atoms with Crippen LogP contribution in [0.5, 0.6) is 0 Å². The smallest absolute Gasteiger partial charge is 0.251 e. The van der Waals surface area contributed by atoms with Crippen molar-refractivity contribution in [2.75, 3.05) is 6.61 Å². The highest BCUT2D eigenvalue weighted by Gasteiger charge is 2.05. The second kappa shape index (κ2) is 7.22. The van der Waals surface area contributed by atoms with Crippen LogP contribution >= 0.6 is 0 Å². The number of hydrogen-bond acceptors (Lipinski definition) is 2. The van der Waals surface area contributed by atoms with Crippen LogP contribution in [0.25, 0.3) is 0 Å². The van der Waals surface area contributed by atoms with Gasteiger partial charge < -0.3 is 10.4 Å². The molecule has 0 aliphatic carbocycles. The summed E-state index contributed by atoms with van der Waals surface area (Å²) in [4.78, 5) is 11.9.